The van der Waals surface area contributed by atoms with Crippen LogP contribution in [0.2, 0.25) is 0 Å². The van der Waals surface area contributed by atoms with Crippen molar-refractivity contribution >= 4 is 32.7 Å². The van der Waals surface area contributed by atoms with E-state index in [4.69, 9.17) is 4.42 Å². The third kappa shape index (κ3) is 5.77. The molecule has 0 aliphatic rings. The molecule has 0 aliphatic heterocycles. The predicted molar refractivity (Wildman–Crippen MR) is 227 cm³/mol. The molecule has 0 aliphatic carbocycles. The first-order valence-electron chi connectivity index (χ1n) is 18.6. The maximum atomic E-state index is 6.41. The molecule has 0 amide bonds. The van der Waals surface area contributed by atoms with Crippen LogP contribution in [-0.2, 0) is 0 Å². The van der Waals surface area contributed by atoms with E-state index in [0.717, 1.165) is 33.1 Å². The quantitative estimate of drug-likeness (QED) is 0.152. The second-order valence-electron chi connectivity index (χ2n) is 14.0. The highest BCUT2D eigenvalue weighted by molar-refractivity contribution is 6.09. The third-order valence-electron chi connectivity index (χ3n) is 10.9. The summed E-state index contributed by atoms with van der Waals surface area (Å²) in [5, 5.41) is 4.82. The topological polar surface area (TPSA) is 13.1 Å². The molecule has 1 atom stereocenters. The minimum absolute atomic E-state index is 0.0529. The molecule has 0 fully saturated rings. The molecule has 0 saturated carbocycles. The molecule has 10 rings (SSSR count). The summed E-state index contributed by atoms with van der Waals surface area (Å²) in [5.41, 5.74) is 15.2. The zero-order valence-corrected chi connectivity index (χ0v) is 29.7. The van der Waals surface area contributed by atoms with Crippen LogP contribution in [0.4, 0.5) is 0 Å². The number of para-hydroxylation sites is 2. The van der Waals surface area contributed by atoms with Gasteiger partial charge in [0.25, 0.3) is 0 Å². The van der Waals surface area contributed by atoms with Gasteiger partial charge in [0.2, 0.25) is 0 Å². The summed E-state index contributed by atoms with van der Waals surface area (Å²) in [7, 11) is 0. The van der Waals surface area contributed by atoms with E-state index < -0.39 is 0 Å². The maximum Gasteiger partial charge on any atom is 0.143 e. The molecule has 10 aromatic rings. The molecule has 9 aromatic carbocycles. The van der Waals surface area contributed by atoms with Crippen LogP contribution in [0.1, 0.15) is 22.6 Å². The Labute approximate surface area is 315 Å². The van der Waals surface area contributed by atoms with Crippen molar-refractivity contribution in [1.29, 1.82) is 0 Å². The van der Waals surface area contributed by atoms with E-state index in [1.54, 1.807) is 0 Å². The molecular formula is C53H36O. The van der Waals surface area contributed by atoms with Crippen molar-refractivity contribution in [3.63, 3.8) is 0 Å². The summed E-state index contributed by atoms with van der Waals surface area (Å²) in [5.74, 6) is 0.0529. The Balaban J connectivity index is 1.02. The van der Waals surface area contributed by atoms with Crippen LogP contribution in [0.5, 0.6) is 0 Å². The fourth-order valence-corrected chi connectivity index (χ4v) is 8.09. The summed E-state index contributed by atoms with van der Waals surface area (Å²) in [6, 6.07) is 76.7. The van der Waals surface area contributed by atoms with E-state index in [2.05, 4.69) is 200 Å². The van der Waals surface area contributed by atoms with E-state index >= 15 is 0 Å². The van der Waals surface area contributed by atoms with E-state index in [0.29, 0.717) is 0 Å². The van der Waals surface area contributed by atoms with Gasteiger partial charge in [0, 0.05) is 22.3 Å². The third-order valence-corrected chi connectivity index (χ3v) is 10.9. The average molecular weight is 689 g/mol. The van der Waals surface area contributed by atoms with Crippen LogP contribution >= 0.6 is 0 Å². The van der Waals surface area contributed by atoms with Gasteiger partial charge in [-0.1, -0.05) is 206 Å². The molecule has 54 heavy (non-hydrogen) atoms. The number of furan rings is 1. The Bertz CT molecular complexity index is 2870. The van der Waals surface area contributed by atoms with Crippen LogP contribution in [0.25, 0.3) is 77.2 Å². The van der Waals surface area contributed by atoms with Crippen LogP contribution < -0.4 is 0 Å². The van der Waals surface area contributed by atoms with E-state index in [1.165, 1.54) is 60.8 Å². The summed E-state index contributed by atoms with van der Waals surface area (Å²) in [6.45, 7) is 0. The van der Waals surface area contributed by atoms with Crippen molar-refractivity contribution in [2.24, 2.45) is 0 Å². The monoisotopic (exact) mass is 688 g/mol. The lowest BCUT2D eigenvalue weighted by molar-refractivity contribution is 0.670. The summed E-state index contributed by atoms with van der Waals surface area (Å²) < 4.78 is 6.41. The second kappa shape index (κ2) is 13.5. The van der Waals surface area contributed by atoms with Gasteiger partial charge in [0.05, 0.1) is 0 Å². The van der Waals surface area contributed by atoms with Crippen molar-refractivity contribution in [3.05, 3.63) is 229 Å². The summed E-state index contributed by atoms with van der Waals surface area (Å²) in [4.78, 5) is 0. The lowest BCUT2D eigenvalue weighted by atomic mass is 9.83. The Morgan fingerprint density at radius 1 is 0.278 bits per heavy atom. The van der Waals surface area contributed by atoms with Gasteiger partial charge in [-0.2, -0.15) is 0 Å². The van der Waals surface area contributed by atoms with Gasteiger partial charge in [-0.15, -0.1) is 0 Å². The number of hydrogen-bond donors (Lipinski definition) is 0. The van der Waals surface area contributed by atoms with Crippen LogP contribution in [0.3, 0.4) is 0 Å². The smallest absolute Gasteiger partial charge is 0.143 e. The fourth-order valence-electron chi connectivity index (χ4n) is 8.09. The average Bonchev–Trinajstić information content (AvgIpc) is 3.64. The Hall–Kier alpha value is -6.96. The lowest BCUT2D eigenvalue weighted by Crippen LogP contribution is -2.03. The molecule has 254 valence electrons. The minimum Gasteiger partial charge on any atom is -0.455 e. The van der Waals surface area contributed by atoms with E-state index in [1.807, 2.05) is 12.1 Å². The molecule has 0 spiro atoms. The first-order chi connectivity index (χ1) is 26.8. The van der Waals surface area contributed by atoms with Gasteiger partial charge in [0.15, 0.2) is 0 Å². The summed E-state index contributed by atoms with van der Waals surface area (Å²) in [6.07, 6.45) is 0. The van der Waals surface area contributed by atoms with Gasteiger partial charge in [0.1, 0.15) is 11.2 Å². The number of benzene rings is 9. The molecule has 0 radical (unpaired) electrons. The van der Waals surface area contributed by atoms with Gasteiger partial charge >= 0.3 is 0 Å². The van der Waals surface area contributed by atoms with Crippen molar-refractivity contribution in [2.75, 3.05) is 0 Å². The zero-order valence-electron chi connectivity index (χ0n) is 29.7. The SMILES string of the molecule is c1ccc(-c2ccc(-c3ccc(C(c4ccc(-c5cccc6ccccc56)cc4)c4ccc(-c5cccc6c5oc5ccccc56)cc4)cc3)cc2)cc1. The van der Waals surface area contributed by atoms with E-state index in [9.17, 15) is 0 Å². The first-order valence-corrected chi connectivity index (χ1v) is 18.6. The molecule has 0 saturated heterocycles. The van der Waals surface area contributed by atoms with Crippen molar-refractivity contribution in [1.82, 2.24) is 0 Å². The standard InChI is InChI=1S/C53H36O/c1-2-10-36(11-3-1)37-20-22-38(23-21-37)39-24-30-43(31-25-39)52(44-32-26-41(27-33-44)47-16-8-13-40-12-4-5-14-46(40)47)45-34-28-42(29-35-45)48-17-9-18-50-49-15-6-7-19-51(49)54-53(48)50/h1-35,52H. The molecule has 1 heterocycles. The van der Waals surface area contributed by atoms with Crippen molar-refractivity contribution in [2.45, 2.75) is 5.92 Å². The van der Waals surface area contributed by atoms with Gasteiger partial charge < -0.3 is 4.42 Å². The highest BCUT2D eigenvalue weighted by Crippen LogP contribution is 2.39. The molecule has 0 N–H and O–H groups in total. The summed E-state index contributed by atoms with van der Waals surface area (Å²) >= 11 is 0. The highest BCUT2D eigenvalue weighted by atomic mass is 16.3. The second-order valence-corrected chi connectivity index (χ2v) is 14.0. The Kier molecular flexibility index (Phi) is 7.96. The lowest BCUT2D eigenvalue weighted by Gasteiger charge is -2.20. The van der Waals surface area contributed by atoms with Crippen molar-refractivity contribution < 1.29 is 4.42 Å². The number of rotatable bonds is 7. The Morgan fingerprint density at radius 2 is 0.704 bits per heavy atom. The molecule has 1 aromatic heterocycles. The molecule has 1 heteroatoms. The predicted octanol–water partition coefficient (Wildman–Crippen LogP) is 14.6. The molecule has 0 bridgehead atoms. The molecule has 1 unspecified atom stereocenters. The maximum absolute atomic E-state index is 6.41. The molecular weight excluding hydrogens is 653 g/mol. The van der Waals surface area contributed by atoms with Crippen LogP contribution in [0.15, 0.2) is 217 Å². The normalized spacial score (nSPS) is 12.0. The fraction of sp³-hybridized carbons (Fsp3) is 0.0189. The minimum atomic E-state index is 0.0529. The van der Waals surface area contributed by atoms with Crippen molar-refractivity contribution in [3.8, 4) is 44.5 Å². The highest BCUT2D eigenvalue weighted by Gasteiger charge is 2.19. The molecule has 1 nitrogen and oxygen atoms in total. The Morgan fingerprint density at radius 3 is 1.35 bits per heavy atom. The van der Waals surface area contributed by atoms with Crippen LogP contribution in [-0.4, -0.2) is 0 Å². The number of hydrogen-bond acceptors (Lipinski definition) is 1. The number of fused-ring (bicyclic) bond motifs is 4. The van der Waals surface area contributed by atoms with E-state index in [-0.39, 0.29) is 5.92 Å². The van der Waals surface area contributed by atoms with Gasteiger partial charge in [-0.25, -0.2) is 0 Å². The zero-order chi connectivity index (χ0) is 35.8. The largest absolute Gasteiger partial charge is 0.455 e. The van der Waals surface area contributed by atoms with Gasteiger partial charge in [-0.3, -0.25) is 0 Å². The van der Waals surface area contributed by atoms with Gasteiger partial charge in [-0.05, 0) is 72.5 Å². The first kappa shape index (κ1) is 31.7. The van der Waals surface area contributed by atoms with Crippen LogP contribution in [0, 0.1) is 0 Å².